The van der Waals surface area contributed by atoms with Gasteiger partial charge in [-0.2, -0.15) is 35.1 Å². The molecule has 0 radical (unpaired) electrons. The maximum absolute atomic E-state index is 13.0. The van der Waals surface area contributed by atoms with Gasteiger partial charge >= 0.3 is 30.3 Å². The lowest BCUT2D eigenvalue weighted by Crippen LogP contribution is -2.58. The molecule has 0 fully saturated rings. The van der Waals surface area contributed by atoms with Crippen LogP contribution in [0.15, 0.2) is 18.3 Å². The number of rotatable bonds is 5. The zero-order valence-corrected chi connectivity index (χ0v) is 10.0. The van der Waals surface area contributed by atoms with E-state index in [1.165, 1.54) is 0 Å². The summed E-state index contributed by atoms with van der Waals surface area (Å²) in [5.41, 5.74) is -0.477. The molecule has 0 aliphatic heterocycles. The Bertz CT molecular complexity index is 542. The third-order valence-electron chi connectivity index (χ3n) is 2.27. The average molecular weight is 339 g/mol. The molecule has 22 heavy (non-hydrogen) atoms. The summed E-state index contributed by atoms with van der Waals surface area (Å²) in [6.07, 6.45) is -10.6. The Labute approximate surface area is 116 Å². The molecule has 0 bridgehead atoms. The van der Waals surface area contributed by atoms with Crippen molar-refractivity contribution < 1.29 is 49.8 Å². The van der Waals surface area contributed by atoms with Gasteiger partial charge in [-0.15, -0.1) is 0 Å². The fourth-order valence-electron chi connectivity index (χ4n) is 1.09. The molecular formula is C10H5F8NO3. The van der Waals surface area contributed by atoms with Crippen molar-refractivity contribution in [1.82, 2.24) is 4.98 Å². The number of aromatic carboxylic acids is 1. The van der Waals surface area contributed by atoms with E-state index >= 15 is 0 Å². The van der Waals surface area contributed by atoms with Crippen LogP contribution in [0.3, 0.4) is 0 Å². The molecule has 1 atom stereocenters. The summed E-state index contributed by atoms with van der Waals surface area (Å²) in [4.78, 5) is 13.4. The number of hydrogen-bond donors (Lipinski definition) is 1. The topological polar surface area (TPSA) is 59.4 Å². The largest absolute Gasteiger partial charge is 0.478 e. The van der Waals surface area contributed by atoms with E-state index in [2.05, 4.69) is 9.72 Å². The quantitative estimate of drug-likeness (QED) is 0.837. The molecule has 0 saturated carbocycles. The first-order valence-electron chi connectivity index (χ1n) is 5.13. The van der Waals surface area contributed by atoms with Crippen molar-refractivity contribution in [2.75, 3.05) is 0 Å². The van der Waals surface area contributed by atoms with Gasteiger partial charge in [-0.25, -0.2) is 9.78 Å². The summed E-state index contributed by atoms with van der Waals surface area (Å²) in [5.74, 6) is -15.5. The Morgan fingerprint density at radius 3 is 2.05 bits per heavy atom. The molecule has 0 saturated heterocycles. The minimum atomic E-state index is -6.70. The van der Waals surface area contributed by atoms with Crippen LogP contribution in [0.25, 0.3) is 0 Å². The van der Waals surface area contributed by atoms with Crippen molar-refractivity contribution in [3.05, 3.63) is 23.9 Å². The van der Waals surface area contributed by atoms with Gasteiger partial charge in [0.15, 0.2) is 0 Å². The van der Waals surface area contributed by atoms with E-state index in [4.69, 9.17) is 5.11 Å². The van der Waals surface area contributed by atoms with Gasteiger partial charge in [0.25, 0.3) is 0 Å². The molecule has 12 heteroatoms. The summed E-state index contributed by atoms with van der Waals surface area (Å²) in [6, 6.07) is 1.20. The third-order valence-corrected chi connectivity index (χ3v) is 2.27. The lowest BCUT2D eigenvalue weighted by atomic mass is 10.1. The number of carboxylic acids is 1. The molecule has 1 aromatic heterocycles. The van der Waals surface area contributed by atoms with Crippen molar-refractivity contribution in [3.8, 4) is 5.88 Å². The van der Waals surface area contributed by atoms with Crippen LogP contribution in [0, 0.1) is 0 Å². The number of aromatic nitrogens is 1. The highest BCUT2D eigenvalue weighted by molar-refractivity contribution is 5.87. The second-order valence-electron chi connectivity index (χ2n) is 3.82. The predicted octanol–water partition coefficient (Wildman–Crippen LogP) is 3.29. The molecule has 1 aromatic rings. The Hall–Kier alpha value is -2.14. The molecule has 0 aromatic carbocycles. The number of carbonyl (C=O) groups is 1. The third kappa shape index (κ3) is 3.20. The van der Waals surface area contributed by atoms with E-state index in [0.717, 1.165) is 0 Å². The van der Waals surface area contributed by atoms with Crippen molar-refractivity contribution in [2.45, 2.75) is 24.4 Å². The first kappa shape index (κ1) is 17.9. The normalized spacial score (nSPS) is 14.5. The fraction of sp³-hybridized carbons (Fsp3) is 0.400. The Kier molecular flexibility index (Phi) is 4.54. The number of ether oxygens (including phenoxy) is 1. The Morgan fingerprint density at radius 1 is 1.14 bits per heavy atom. The van der Waals surface area contributed by atoms with Crippen molar-refractivity contribution in [2.24, 2.45) is 0 Å². The monoisotopic (exact) mass is 339 g/mol. The van der Waals surface area contributed by atoms with Gasteiger partial charge in [-0.05, 0) is 6.07 Å². The number of carboxylic acid groups (broad SMARTS) is 1. The van der Waals surface area contributed by atoms with Gasteiger partial charge in [0.05, 0.1) is 5.56 Å². The minimum absolute atomic E-state index is 0.477. The summed E-state index contributed by atoms with van der Waals surface area (Å²) in [5, 5.41) is 8.48. The Balaban J connectivity index is 2.96. The molecule has 0 amide bonds. The summed E-state index contributed by atoms with van der Waals surface area (Å²) >= 11 is 0. The van der Waals surface area contributed by atoms with Gasteiger partial charge < -0.3 is 9.84 Å². The van der Waals surface area contributed by atoms with Gasteiger partial charge in [0.2, 0.25) is 5.88 Å². The van der Waals surface area contributed by atoms with Gasteiger partial charge in [0, 0.05) is 12.3 Å². The van der Waals surface area contributed by atoms with E-state index in [1.54, 1.807) is 0 Å². The number of nitrogens with zero attached hydrogens (tertiary/aromatic N) is 1. The molecule has 0 aliphatic carbocycles. The summed E-state index contributed by atoms with van der Waals surface area (Å²) in [7, 11) is 0. The van der Waals surface area contributed by atoms with Crippen LogP contribution in [0.4, 0.5) is 35.1 Å². The molecule has 4 nitrogen and oxygen atoms in total. The van der Waals surface area contributed by atoms with E-state index in [1.807, 2.05) is 0 Å². The zero-order valence-electron chi connectivity index (χ0n) is 10.0. The van der Waals surface area contributed by atoms with Crippen LogP contribution >= 0.6 is 0 Å². The van der Waals surface area contributed by atoms with E-state index < -0.39 is 41.8 Å². The van der Waals surface area contributed by atoms with Crippen LogP contribution in [0.2, 0.25) is 0 Å². The number of hydrogen-bond acceptors (Lipinski definition) is 3. The zero-order chi connectivity index (χ0) is 17.3. The molecule has 1 heterocycles. The van der Waals surface area contributed by atoms with Crippen molar-refractivity contribution >= 4 is 5.97 Å². The molecule has 0 spiro atoms. The highest BCUT2D eigenvalue weighted by Crippen LogP contribution is 2.48. The van der Waals surface area contributed by atoms with Crippen LogP contribution in [0.1, 0.15) is 10.4 Å². The highest BCUT2D eigenvalue weighted by Gasteiger charge is 2.77. The van der Waals surface area contributed by atoms with Gasteiger partial charge in [0.1, 0.15) is 0 Å². The standard InChI is InChI=1S/C10H5F8NO3/c11-7(8(12,13)9(14,15)10(16,17)18)22-5-2-1-4(3-19-5)6(20)21/h1-3,7H,(H,20,21). The smallest absolute Gasteiger partial charge is 0.460 e. The molecule has 0 aliphatic rings. The molecule has 1 rings (SSSR count). The average Bonchev–Trinajstić information content (AvgIpc) is 2.37. The van der Waals surface area contributed by atoms with E-state index in [9.17, 15) is 39.9 Å². The Morgan fingerprint density at radius 2 is 1.68 bits per heavy atom. The first-order valence-corrected chi connectivity index (χ1v) is 5.13. The lowest BCUT2D eigenvalue weighted by molar-refractivity contribution is -0.379. The number of halogens is 8. The fourth-order valence-corrected chi connectivity index (χ4v) is 1.09. The van der Waals surface area contributed by atoms with Gasteiger partial charge in [-0.3, -0.25) is 0 Å². The SMILES string of the molecule is O=C(O)c1ccc(OC(F)C(F)(F)C(F)(F)C(F)(F)F)nc1. The van der Waals surface area contributed by atoms with Crippen molar-refractivity contribution in [1.29, 1.82) is 0 Å². The number of alkyl halides is 8. The second kappa shape index (κ2) is 5.57. The van der Waals surface area contributed by atoms with Gasteiger partial charge in [-0.1, -0.05) is 0 Å². The molecule has 1 N–H and O–H groups in total. The van der Waals surface area contributed by atoms with E-state index in [-0.39, 0.29) is 0 Å². The van der Waals surface area contributed by atoms with Crippen LogP contribution in [-0.2, 0) is 0 Å². The maximum atomic E-state index is 13.0. The molecule has 124 valence electrons. The van der Waals surface area contributed by atoms with E-state index in [0.29, 0.717) is 18.3 Å². The lowest BCUT2D eigenvalue weighted by Gasteiger charge is -2.29. The summed E-state index contributed by atoms with van der Waals surface area (Å²) < 4.78 is 103. The highest BCUT2D eigenvalue weighted by atomic mass is 19.4. The first-order chi connectivity index (χ1) is 9.80. The van der Waals surface area contributed by atoms with Crippen LogP contribution in [0.5, 0.6) is 5.88 Å². The maximum Gasteiger partial charge on any atom is 0.460 e. The molecular weight excluding hydrogens is 334 g/mol. The van der Waals surface area contributed by atoms with Crippen molar-refractivity contribution in [3.63, 3.8) is 0 Å². The number of pyridine rings is 1. The molecule has 1 unspecified atom stereocenters. The second-order valence-corrected chi connectivity index (χ2v) is 3.82. The van der Waals surface area contributed by atoms with Crippen LogP contribution < -0.4 is 4.74 Å². The predicted molar refractivity (Wildman–Crippen MR) is 52.7 cm³/mol. The van der Waals surface area contributed by atoms with Crippen LogP contribution in [-0.4, -0.2) is 40.4 Å². The minimum Gasteiger partial charge on any atom is -0.478 e. The summed E-state index contributed by atoms with van der Waals surface area (Å²) in [6.45, 7) is 0.